The maximum Gasteiger partial charge on any atom is 0.207 e. The second-order valence-corrected chi connectivity index (χ2v) is 8.76. The van der Waals surface area contributed by atoms with Gasteiger partial charge in [0.2, 0.25) is 9.84 Å². The number of sulfone groups is 1. The standard InChI is InChI=1S/C24H16F2O4S/c25-17-5-1-15(2-6-17)21-13-19(27)9-11-23(21)31(29,30)24-12-10-20(28)14-22(24)16-3-7-18(26)8-4-16/h1-14,27-28H. The van der Waals surface area contributed by atoms with Crippen LogP contribution in [0.15, 0.2) is 94.7 Å². The molecule has 31 heavy (non-hydrogen) atoms. The van der Waals surface area contributed by atoms with Crippen molar-refractivity contribution in [2.45, 2.75) is 9.79 Å². The Hall–Kier alpha value is -3.71. The summed E-state index contributed by atoms with van der Waals surface area (Å²) in [5.41, 5.74) is 1.19. The van der Waals surface area contributed by atoms with E-state index in [1.54, 1.807) is 0 Å². The molecule has 4 rings (SSSR count). The van der Waals surface area contributed by atoms with Crippen molar-refractivity contribution in [1.82, 2.24) is 0 Å². The van der Waals surface area contributed by atoms with Gasteiger partial charge in [0.1, 0.15) is 23.1 Å². The molecule has 0 amide bonds. The summed E-state index contributed by atoms with van der Waals surface area (Å²) in [6, 6.07) is 18.1. The van der Waals surface area contributed by atoms with Gasteiger partial charge in [0.05, 0.1) is 9.79 Å². The lowest BCUT2D eigenvalue weighted by atomic mass is 10.1. The van der Waals surface area contributed by atoms with E-state index in [9.17, 15) is 27.4 Å². The molecule has 2 N–H and O–H groups in total. The highest BCUT2D eigenvalue weighted by Crippen LogP contribution is 2.38. The van der Waals surface area contributed by atoms with Crippen LogP contribution in [0.2, 0.25) is 0 Å². The summed E-state index contributed by atoms with van der Waals surface area (Å²) in [7, 11) is -4.16. The fraction of sp³-hybridized carbons (Fsp3) is 0. The average Bonchev–Trinajstić information content (AvgIpc) is 2.74. The first-order valence-corrected chi connectivity index (χ1v) is 10.7. The SMILES string of the molecule is O=S(=O)(c1ccc(O)cc1-c1ccc(F)cc1)c1ccc(O)cc1-c1ccc(F)cc1. The van der Waals surface area contributed by atoms with Crippen LogP contribution in [0, 0.1) is 11.6 Å². The van der Waals surface area contributed by atoms with Gasteiger partial charge in [0.15, 0.2) is 0 Å². The first-order valence-electron chi connectivity index (χ1n) is 9.19. The van der Waals surface area contributed by atoms with E-state index >= 15 is 0 Å². The van der Waals surface area contributed by atoms with Gasteiger partial charge in [-0.2, -0.15) is 0 Å². The van der Waals surface area contributed by atoms with Gasteiger partial charge < -0.3 is 10.2 Å². The lowest BCUT2D eigenvalue weighted by molar-refractivity contribution is 0.474. The zero-order valence-corrected chi connectivity index (χ0v) is 16.8. The minimum absolute atomic E-state index is 0.106. The fourth-order valence-electron chi connectivity index (χ4n) is 3.33. The Kier molecular flexibility index (Phi) is 5.20. The minimum Gasteiger partial charge on any atom is -0.508 e. The van der Waals surface area contributed by atoms with E-state index in [0.29, 0.717) is 11.1 Å². The quantitative estimate of drug-likeness (QED) is 0.439. The largest absolute Gasteiger partial charge is 0.508 e. The molecular weight excluding hydrogens is 422 g/mol. The summed E-state index contributed by atoms with van der Waals surface area (Å²) >= 11 is 0. The normalized spacial score (nSPS) is 11.4. The maximum atomic E-state index is 13.7. The molecular formula is C24H16F2O4S. The maximum absolute atomic E-state index is 13.7. The van der Waals surface area contributed by atoms with Crippen LogP contribution in [0.5, 0.6) is 11.5 Å². The molecule has 156 valence electrons. The molecule has 0 atom stereocenters. The number of phenolic OH excluding ortho intramolecular Hbond substituents is 2. The molecule has 0 bridgehead atoms. The predicted octanol–water partition coefficient (Wildman–Crippen LogP) is 5.54. The van der Waals surface area contributed by atoms with Crippen molar-refractivity contribution in [1.29, 1.82) is 0 Å². The fourth-order valence-corrected chi connectivity index (χ4v) is 5.00. The smallest absolute Gasteiger partial charge is 0.207 e. The van der Waals surface area contributed by atoms with Gasteiger partial charge in [-0.15, -0.1) is 0 Å². The molecule has 0 saturated carbocycles. The van der Waals surface area contributed by atoms with Crippen molar-refractivity contribution in [2.24, 2.45) is 0 Å². The van der Waals surface area contributed by atoms with Gasteiger partial charge >= 0.3 is 0 Å². The number of rotatable bonds is 4. The Labute approximate surface area is 177 Å². The Morgan fingerprint density at radius 3 is 1.26 bits per heavy atom. The van der Waals surface area contributed by atoms with Crippen molar-refractivity contribution in [3.8, 4) is 33.8 Å². The van der Waals surface area contributed by atoms with E-state index in [1.165, 1.54) is 84.9 Å². The van der Waals surface area contributed by atoms with Gasteiger partial charge in [0.25, 0.3) is 0 Å². The number of benzene rings is 4. The van der Waals surface area contributed by atoms with Crippen LogP contribution < -0.4 is 0 Å². The lowest BCUT2D eigenvalue weighted by Crippen LogP contribution is -2.06. The molecule has 4 aromatic carbocycles. The van der Waals surface area contributed by atoms with Gasteiger partial charge in [-0.1, -0.05) is 24.3 Å². The second-order valence-electron chi connectivity index (χ2n) is 6.88. The zero-order chi connectivity index (χ0) is 22.2. The van der Waals surface area contributed by atoms with Crippen LogP contribution in [0.1, 0.15) is 0 Å². The molecule has 0 saturated heterocycles. The van der Waals surface area contributed by atoms with E-state index in [4.69, 9.17) is 0 Å². The van der Waals surface area contributed by atoms with Crippen LogP contribution in [0.25, 0.3) is 22.3 Å². The van der Waals surface area contributed by atoms with E-state index < -0.39 is 21.5 Å². The van der Waals surface area contributed by atoms with Crippen LogP contribution in [0.4, 0.5) is 8.78 Å². The third kappa shape index (κ3) is 4.00. The van der Waals surface area contributed by atoms with Gasteiger partial charge in [-0.05, 0) is 71.8 Å². The number of halogens is 2. The van der Waals surface area contributed by atoms with Crippen molar-refractivity contribution in [3.63, 3.8) is 0 Å². The summed E-state index contributed by atoms with van der Waals surface area (Å²) < 4.78 is 54.1. The highest BCUT2D eigenvalue weighted by molar-refractivity contribution is 7.91. The molecule has 4 aromatic rings. The zero-order valence-electron chi connectivity index (χ0n) is 16.0. The molecule has 4 nitrogen and oxygen atoms in total. The molecule has 0 spiro atoms. The van der Waals surface area contributed by atoms with E-state index in [0.717, 1.165) is 0 Å². The van der Waals surface area contributed by atoms with Crippen molar-refractivity contribution in [3.05, 3.63) is 96.6 Å². The molecule has 0 aliphatic carbocycles. The second kappa shape index (κ2) is 7.85. The summed E-state index contributed by atoms with van der Waals surface area (Å²) in [5.74, 6) is -1.26. The lowest BCUT2D eigenvalue weighted by Gasteiger charge is -2.15. The summed E-state index contributed by atoms with van der Waals surface area (Å²) in [5, 5.41) is 19.9. The van der Waals surface area contributed by atoms with E-state index in [-0.39, 0.29) is 32.4 Å². The third-order valence-electron chi connectivity index (χ3n) is 4.82. The van der Waals surface area contributed by atoms with Crippen LogP contribution in [0.3, 0.4) is 0 Å². The average molecular weight is 438 g/mol. The van der Waals surface area contributed by atoms with Gasteiger partial charge in [-0.3, -0.25) is 0 Å². The first-order chi connectivity index (χ1) is 14.8. The van der Waals surface area contributed by atoms with Gasteiger partial charge in [-0.25, -0.2) is 17.2 Å². The number of hydrogen-bond donors (Lipinski definition) is 2. The van der Waals surface area contributed by atoms with Crippen LogP contribution in [-0.2, 0) is 9.84 Å². The molecule has 0 fully saturated rings. The molecule has 7 heteroatoms. The minimum atomic E-state index is -4.16. The van der Waals surface area contributed by atoms with Crippen LogP contribution >= 0.6 is 0 Å². The van der Waals surface area contributed by atoms with Crippen molar-refractivity contribution < 1.29 is 27.4 Å². The van der Waals surface area contributed by atoms with Crippen molar-refractivity contribution >= 4 is 9.84 Å². The van der Waals surface area contributed by atoms with Crippen molar-refractivity contribution in [2.75, 3.05) is 0 Å². The molecule has 0 aliphatic heterocycles. The molecule has 0 aromatic heterocycles. The Bertz CT molecular complexity index is 1260. The summed E-state index contributed by atoms with van der Waals surface area (Å²) in [6.07, 6.45) is 0. The number of phenols is 2. The number of aromatic hydroxyl groups is 2. The topological polar surface area (TPSA) is 74.6 Å². The first kappa shape index (κ1) is 20.6. The van der Waals surface area contributed by atoms with E-state index in [2.05, 4.69) is 0 Å². The van der Waals surface area contributed by atoms with Gasteiger partial charge in [0, 0.05) is 11.1 Å². The molecule has 0 unspecified atom stereocenters. The summed E-state index contributed by atoms with van der Waals surface area (Å²) in [6.45, 7) is 0. The predicted molar refractivity (Wildman–Crippen MR) is 112 cm³/mol. The summed E-state index contributed by atoms with van der Waals surface area (Å²) in [4.78, 5) is -0.211. The molecule has 0 aliphatic rings. The van der Waals surface area contributed by atoms with E-state index in [1.807, 2.05) is 0 Å². The Morgan fingerprint density at radius 1 is 0.548 bits per heavy atom. The number of hydrogen-bond acceptors (Lipinski definition) is 4. The Balaban J connectivity index is 1.95. The third-order valence-corrected chi connectivity index (χ3v) is 6.69. The Morgan fingerprint density at radius 2 is 0.903 bits per heavy atom. The molecule has 0 radical (unpaired) electrons. The highest BCUT2D eigenvalue weighted by Gasteiger charge is 2.26. The molecule has 0 heterocycles. The monoisotopic (exact) mass is 438 g/mol. The van der Waals surface area contributed by atoms with Crippen LogP contribution in [-0.4, -0.2) is 18.6 Å². The highest BCUT2D eigenvalue weighted by atomic mass is 32.2.